The molecular formula is C23H22ClN5O3S2. The molecule has 0 amide bonds. The van der Waals surface area contributed by atoms with E-state index < -0.39 is 10.0 Å². The Hall–Kier alpha value is -2.63. The van der Waals surface area contributed by atoms with E-state index in [4.69, 9.17) is 11.6 Å². The summed E-state index contributed by atoms with van der Waals surface area (Å²) >= 11 is 7.41. The van der Waals surface area contributed by atoms with E-state index in [1.165, 1.54) is 26.2 Å². The molecule has 0 aliphatic carbocycles. The average molecular weight is 516 g/mol. The molecule has 0 atom stereocenters. The maximum absolute atomic E-state index is 12.9. The number of hydrogen-bond acceptors (Lipinski definition) is 7. The van der Waals surface area contributed by atoms with Crippen LogP contribution in [-0.2, 0) is 16.6 Å². The lowest BCUT2D eigenvalue weighted by atomic mass is 10.2. The lowest BCUT2D eigenvalue weighted by Crippen LogP contribution is -2.48. The first-order valence-corrected chi connectivity index (χ1v) is 13.4. The monoisotopic (exact) mass is 515 g/mol. The summed E-state index contributed by atoms with van der Waals surface area (Å²) in [6.45, 7) is 4.28. The number of benzene rings is 2. The number of nitrogens with zero attached hydrogens (tertiary/aromatic N) is 5. The zero-order valence-corrected chi connectivity index (χ0v) is 20.8. The van der Waals surface area contributed by atoms with Gasteiger partial charge in [-0.2, -0.15) is 13.9 Å². The SMILES string of the molecule is Cc1ccc(S(=O)(=O)N2CCN(Cc3cc(=O)n4nc(-c5cccc(Cl)c5)sc4n3)CC2)cc1. The molecule has 8 nitrogen and oxygen atoms in total. The fraction of sp³-hybridized carbons (Fsp3) is 0.261. The first-order valence-electron chi connectivity index (χ1n) is 10.7. The van der Waals surface area contributed by atoms with E-state index in [0.717, 1.165) is 11.1 Å². The van der Waals surface area contributed by atoms with Gasteiger partial charge in [0, 0.05) is 49.4 Å². The number of aromatic nitrogens is 3. The lowest BCUT2D eigenvalue weighted by Gasteiger charge is -2.33. The van der Waals surface area contributed by atoms with Crippen LogP contribution in [0.25, 0.3) is 15.5 Å². The fourth-order valence-electron chi connectivity index (χ4n) is 3.89. The topological polar surface area (TPSA) is 87.9 Å². The Morgan fingerprint density at radius 3 is 2.47 bits per heavy atom. The summed E-state index contributed by atoms with van der Waals surface area (Å²) in [5.41, 5.74) is 2.24. The van der Waals surface area contributed by atoms with Crippen molar-refractivity contribution in [1.29, 1.82) is 0 Å². The summed E-state index contributed by atoms with van der Waals surface area (Å²) in [4.78, 5) is 20.2. The molecule has 0 unspecified atom stereocenters. The Labute approximate surface area is 206 Å². The number of sulfonamides is 1. The predicted octanol–water partition coefficient (Wildman–Crippen LogP) is 3.29. The van der Waals surface area contributed by atoms with Gasteiger partial charge in [-0.25, -0.2) is 13.4 Å². The van der Waals surface area contributed by atoms with Gasteiger partial charge in [0.05, 0.1) is 10.6 Å². The zero-order chi connectivity index (χ0) is 23.9. The van der Waals surface area contributed by atoms with Crippen LogP contribution in [0.3, 0.4) is 0 Å². The van der Waals surface area contributed by atoms with Crippen molar-refractivity contribution in [1.82, 2.24) is 23.8 Å². The molecule has 4 aromatic rings. The number of fused-ring (bicyclic) bond motifs is 1. The van der Waals surface area contributed by atoms with Crippen LogP contribution in [0.4, 0.5) is 0 Å². The van der Waals surface area contributed by atoms with Crippen molar-refractivity contribution in [3.63, 3.8) is 0 Å². The van der Waals surface area contributed by atoms with Crippen molar-refractivity contribution in [2.24, 2.45) is 0 Å². The normalized spacial score (nSPS) is 15.7. The van der Waals surface area contributed by atoms with Gasteiger partial charge < -0.3 is 0 Å². The molecule has 176 valence electrons. The number of aryl methyl sites for hydroxylation is 1. The minimum Gasteiger partial charge on any atom is -0.295 e. The van der Waals surface area contributed by atoms with Crippen LogP contribution in [0.5, 0.6) is 0 Å². The third-order valence-electron chi connectivity index (χ3n) is 5.75. The minimum absolute atomic E-state index is 0.245. The molecule has 0 saturated carbocycles. The highest BCUT2D eigenvalue weighted by Gasteiger charge is 2.28. The molecule has 2 aromatic heterocycles. The van der Waals surface area contributed by atoms with Crippen molar-refractivity contribution in [2.75, 3.05) is 26.2 Å². The van der Waals surface area contributed by atoms with Gasteiger partial charge >= 0.3 is 0 Å². The van der Waals surface area contributed by atoms with Gasteiger partial charge in [0.2, 0.25) is 15.0 Å². The molecular weight excluding hydrogens is 494 g/mol. The van der Waals surface area contributed by atoms with Crippen LogP contribution in [0.1, 0.15) is 11.3 Å². The average Bonchev–Trinajstić information content (AvgIpc) is 3.25. The summed E-state index contributed by atoms with van der Waals surface area (Å²) in [7, 11) is -3.52. The van der Waals surface area contributed by atoms with Crippen molar-refractivity contribution < 1.29 is 8.42 Å². The van der Waals surface area contributed by atoms with Crippen molar-refractivity contribution in [3.05, 3.63) is 81.2 Å². The molecule has 1 fully saturated rings. The van der Waals surface area contributed by atoms with Gasteiger partial charge in [-0.1, -0.05) is 52.8 Å². The molecule has 0 bridgehead atoms. The smallest absolute Gasteiger partial charge is 0.275 e. The van der Waals surface area contributed by atoms with Crippen molar-refractivity contribution >= 4 is 37.9 Å². The Morgan fingerprint density at radius 2 is 1.76 bits per heavy atom. The van der Waals surface area contributed by atoms with E-state index >= 15 is 0 Å². The quantitative estimate of drug-likeness (QED) is 0.405. The fourth-order valence-corrected chi connectivity index (χ4v) is 6.42. The number of rotatable bonds is 5. The molecule has 1 aliphatic heterocycles. The van der Waals surface area contributed by atoms with E-state index in [9.17, 15) is 13.2 Å². The Bertz CT molecular complexity index is 1510. The van der Waals surface area contributed by atoms with Gasteiger partial charge in [0.1, 0.15) is 5.01 Å². The van der Waals surface area contributed by atoms with Gasteiger partial charge in [0.25, 0.3) is 5.56 Å². The molecule has 1 saturated heterocycles. The summed E-state index contributed by atoms with van der Waals surface area (Å²) < 4.78 is 28.7. The molecule has 3 heterocycles. The summed E-state index contributed by atoms with van der Waals surface area (Å²) in [5, 5.41) is 5.66. The number of hydrogen-bond donors (Lipinski definition) is 0. The van der Waals surface area contributed by atoms with Crippen LogP contribution >= 0.6 is 22.9 Å². The maximum atomic E-state index is 12.9. The highest BCUT2D eigenvalue weighted by Crippen LogP contribution is 2.26. The molecule has 0 N–H and O–H groups in total. The molecule has 11 heteroatoms. The molecule has 2 aromatic carbocycles. The Kier molecular flexibility index (Phi) is 6.26. The van der Waals surface area contributed by atoms with Gasteiger partial charge in [-0.3, -0.25) is 9.69 Å². The third kappa shape index (κ3) is 4.64. The second kappa shape index (κ2) is 9.20. The van der Waals surface area contributed by atoms with Gasteiger partial charge in [0.15, 0.2) is 0 Å². The maximum Gasteiger partial charge on any atom is 0.275 e. The molecule has 1 aliphatic rings. The number of halogens is 1. The highest BCUT2D eigenvalue weighted by atomic mass is 35.5. The van der Waals surface area contributed by atoms with Crippen molar-refractivity contribution in [2.45, 2.75) is 18.4 Å². The molecule has 0 radical (unpaired) electrons. The summed E-state index contributed by atoms with van der Waals surface area (Å²) in [6.07, 6.45) is 0. The van der Waals surface area contributed by atoms with Crippen LogP contribution in [-0.4, -0.2) is 58.4 Å². The minimum atomic E-state index is -3.52. The third-order valence-corrected chi connectivity index (χ3v) is 8.85. The Morgan fingerprint density at radius 1 is 1.03 bits per heavy atom. The van der Waals surface area contributed by atoms with E-state index in [2.05, 4.69) is 15.0 Å². The second-order valence-electron chi connectivity index (χ2n) is 8.19. The molecule has 5 rings (SSSR count). The first-order chi connectivity index (χ1) is 16.3. The van der Waals surface area contributed by atoms with Crippen LogP contribution in [0.2, 0.25) is 5.02 Å². The van der Waals surface area contributed by atoms with E-state index in [1.807, 2.05) is 19.1 Å². The zero-order valence-electron chi connectivity index (χ0n) is 18.4. The molecule has 34 heavy (non-hydrogen) atoms. The van der Waals surface area contributed by atoms with Crippen LogP contribution in [0.15, 0.2) is 64.3 Å². The van der Waals surface area contributed by atoms with E-state index in [0.29, 0.717) is 58.3 Å². The largest absolute Gasteiger partial charge is 0.295 e. The van der Waals surface area contributed by atoms with Crippen LogP contribution < -0.4 is 5.56 Å². The van der Waals surface area contributed by atoms with Crippen LogP contribution in [0, 0.1) is 6.92 Å². The first kappa shape index (κ1) is 23.1. The standard InChI is InChI=1S/C23H22ClN5O3S2/c1-16-5-7-20(8-6-16)34(31,32)28-11-9-27(10-12-28)15-19-14-21(30)29-23(25-19)33-22(26-29)17-3-2-4-18(24)13-17/h2-8,13-14H,9-12,15H2,1H3. The molecule has 0 spiro atoms. The lowest BCUT2D eigenvalue weighted by molar-refractivity contribution is 0.180. The number of piperazine rings is 1. The summed E-state index contributed by atoms with van der Waals surface area (Å²) in [5.74, 6) is 0. The van der Waals surface area contributed by atoms with Crippen molar-refractivity contribution in [3.8, 4) is 10.6 Å². The highest BCUT2D eigenvalue weighted by molar-refractivity contribution is 7.89. The van der Waals surface area contributed by atoms with E-state index in [-0.39, 0.29) is 5.56 Å². The predicted molar refractivity (Wildman–Crippen MR) is 133 cm³/mol. The van der Waals surface area contributed by atoms with Gasteiger partial charge in [-0.15, -0.1) is 0 Å². The van der Waals surface area contributed by atoms with E-state index in [1.54, 1.807) is 36.4 Å². The second-order valence-corrected chi connectivity index (χ2v) is 11.5. The Balaban J connectivity index is 1.30. The summed E-state index contributed by atoms with van der Waals surface area (Å²) in [6, 6.07) is 15.7. The van der Waals surface area contributed by atoms with Gasteiger partial charge in [-0.05, 0) is 31.2 Å².